The van der Waals surface area contributed by atoms with E-state index in [0.717, 1.165) is 15.6 Å². The SMILES string of the molecule is COc1ccc(Br)c(C(=O)NC[C@H](O)c2csc3ccccc23)c1. The molecule has 3 rings (SSSR count). The molecular formula is C18H16BrNO3S. The lowest BCUT2D eigenvalue weighted by Crippen LogP contribution is -2.28. The highest BCUT2D eigenvalue weighted by molar-refractivity contribution is 9.10. The van der Waals surface area contributed by atoms with Crippen molar-refractivity contribution in [3.8, 4) is 5.75 Å². The lowest BCUT2D eigenvalue weighted by atomic mass is 10.1. The third kappa shape index (κ3) is 3.45. The summed E-state index contributed by atoms with van der Waals surface area (Å²) in [5, 5.41) is 16.2. The van der Waals surface area contributed by atoms with Crippen LogP contribution >= 0.6 is 27.3 Å². The highest BCUT2D eigenvalue weighted by Crippen LogP contribution is 2.30. The van der Waals surface area contributed by atoms with Crippen LogP contribution in [0.4, 0.5) is 0 Å². The van der Waals surface area contributed by atoms with Crippen LogP contribution in [0.5, 0.6) is 5.75 Å². The molecule has 3 aromatic rings. The second-order valence-corrected chi connectivity index (χ2v) is 7.02. The second kappa shape index (κ2) is 7.34. The first-order chi connectivity index (χ1) is 11.6. The van der Waals surface area contributed by atoms with Gasteiger partial charge in [0.05, 0.1) is 18.8 Å². The van der Waals surface area contributed by atoms with E-state index in [9.17, 15) is 9.90 Å². The molecular weight excluding hydrogens is 390 g/mol. The molecule has 1 atom stereocenters. The molecule has 0 radical (unpaired) electrons. The molecule has 0 saturated heterocycles. The molecule has 2 aromatic carbocycles. The molecule has 6 heteroatoms. The molecule has 1 heterocycles. The first-order valence-electron chi connectivity index (χ1n) is 7.36. The summed E-state index contributed by atoms with van der Waals surface area (Å²) in [5.41, 5.74) is 1.30. The molecule has 0 aliphatic rings. The number of methoxy groups -OCH3 is 1. The summed E-state index contributed by atoms with van der Waals surface area (Å²) in [6, 6.07) is 13.1. The Hall–Kier alpha value is -1.89. The maximum atomic E-state index is 12.4. The van der Waals surface area contributed by atoms with E-state index in [1.165, 1.54) is 0 Å². The zero-order valence-electron chi connectivity index (χ0n) is 13.0. The number of aliphatic hydroxyl groups excluding tert-OH is 1. The van der Waals surface area contributed by atoms with Crippen molar-refractivity contribution in [2.75, 3.05) is 13.7 Å². The Morgan fingerprint density at radius 1 is 1.33 bits per heavy atom. The Kier molecular flexibility index (Phi) is 5.18. The van der Waals surface area contributed by atoms with Gasteiger partial charge in [-0.25, -0.2) is 0 Å². The van der Waals surface area contributed by atoms with Gasteiger partial charge in [-0.15, -0.1) is 11.3 Å². The van der Waals surface area contributed by atoms with Crippen LogP contribution < -0.4 is 10.1 Å². The molecule has 0 spiro atoms. The van der Waals surface area contributed by atoms with Crippen LogP contribution in [0.1, 0.15) is 22.0 Å². The lowest BCUT2D eigenvalue weighted by Gasteiger charge is -2.13. The third-order valence-electron chi connectivity index (χ3n) is 3.74. The van der Waals surface area contributed by atoms with Crippen LogP contribution in [0.25, 0.3) is 10.1 Å². The number of hydrogen-bond donors (Lipinski definition) is 2. The molecule has 0 saturated carbocycles. The van der Waals surface area contributed by atoms with Gasteiger partial charge in [0.1, 0.15) is 5.75 Å². The van der Waals surface area contributed by atoms with Gasteiger partial charge in [-0.3, -0.25) is 4.79 Å². The minimum atomic E-state index is -0.755. The number of nitrogens with one attached hydrogen (secondary N) is 1. The number of rotatable bonds is 5. The van der Waals surface area contributed by atoms with Crippen molar-refractivity contribution in [1.82, 2.24) is 5.32 Å². The fourth-order valence-corrected chi connectivity index (χ4v) is 3.89. The van der Waals surface area contributed by atoms with Crippen LogP contribution in [0.15, 0.2) is 52.3 Å². The van der Waals surface area contributed by atoms with Gasteiger partial charge in [0.2, 0.25) is 0 Å². The van der Waals surface area contributed by atoms with Crippen molar-refractivity contribution in [3.05, 3.63) is 63.4 Å². The topological polar surface area (TPSA) is 58.6 Å². The van der Waals surface area contributed by atoms with Gasteiger partial charge in [0.25, 0.3) is 5.91 Å². The fourth-order valence-electron chi connectivity index (χ4n) is 2.46. The van der Waals surface area contributed by atoms with E-state index >= 15 is 0 Å². The number of fused-ring (bicyclic) bond motifs is 1. The van der Waals surface area contributed by atoms with E-state index in [2.05, 4.69) is 21.2 Å². The van der Waals surface area contributed by atoms with Gasteiger partial charge >= 0.3 is 0 Å². The van der Waals surface area contributed by atoms with Gasteiger partial charge < -0.3 is 15.2 Å². The standard InChI is InChI=1S/C18H16BrNO3S/c1-23-11-6-7-15(19)13(8-11)18(22)20-9-16(21)14-10-24-17-5-3-2-4-12(14)17/h2-8,10,16,21H,9H2,1H3,(H,20,22)/t16-/m0/s1. The summed E-state index contributed by atoms with van der Waals surface area (Å²) in [5.74, 6) is 0.340. The number of halogens is 1. The minimum Gasteiger partial charge on any atom is -0.497 e. The number of aliphatic hydroxyl groups is 1. The van der Waals surface area contributed by atoms with Crippen molar-refractivity contribution < 1.29 is 14.6 Å². The third-order valence-corrected chi connectivity index (χ3v) is 5.42. The minimum absolute atomic E-state index is 0.142. The van der Waals surface area contributed by atoms with Gasteiger partial charge in [0, 0.05) is 21.3 Å². The molecule has 0 bridgehead atoms. The van der Waals surface area contributed by atoms with E-state index in [-0.39, 0.29) is 12.5 Å². The number of amides is 1. The molecule has 0 fully saturated rings. The Balaban J connectivity index is 1.72. The average molecular weight is 406 g/mol. The zero-order chi connectivity index (χ0) is 17.1. The Morgan fingerprint density at radius 2 is 2.12 bits per heavy atom. The molecule has 2 N–H and O–H groups in total. The normalized spacial score (nSPS) is 12.1. The van der Waals surface area contributed by atoms with E-state index in [4.69, 9.17) is 4.74 Å². The van der Waals surface area contributed by atoms with Crippen LogP contribution in [0, 0.1) is 0 Å². The van der Waals surface area contributed by atoms with Crippen molar-refractivity contribution in [2.45, 2.75) is 6.10 Å². The van der Waals surface area contributed by atoms with E-state index in [1.54, 1.807) is 36.6 Å². The monoisotopic (exact) mass is 405 g/mol. The van der Waals surface area contributed by atoms with Crippen molar-refractivity contribution >= 4 is 43.3 Å². The van der Waals surface area contributed by atoms with Crippen LogP contribution in [-0.2, 0) is 0 Å². The number of carbonyl (C=O) groups excluding carboxylic acids is 1. The summed E-state index contributed by atoms with van der Waals surface area (Å²) in [7, 11) is 1.55. The van der Waals surface area contributed by atoms with E-state index in [1.807, 2.05) is 29.6 Å². The summed E-state index contributed by atoms with van der Waals surface area (Å²) in [6.45, 7) is 0.142. The first-order valence-corrected chi connectivity index (χ1v) is 9.03. The Labute approximate surface area is 152 Å². The zero-order valence-corrected chi connectivity index (χ0v) is 15.4. The van der Waals surface area contributed by atoms with Gasteiger partial charge in [-0.1, -0.05) is 18.2 Å². The number of benzene rings is 2. The van der Waals surface area contributed by atoms with Gasteiger partial charge in [0.15, 0.2) is 0 Å². The number of ether oxygens (including phenoxy) is 1. The highest BCUT2D eigenvalue weighted by Gasteiger charge is 2.16. The molecule has 0 aliphatic carbocycles. The van der Waals surface area contributed by atoms with Crippen LogP contribution in [0.2, 0.25) is 0 Å². The maximum Gasteiger partial charge on any atom is 0.252 e. The number of thiophene rings is 1. The van der Waals surface area contributed by atoms with Gasteiger partial charge in [-0.2, -0.15) is 0 Å². The molecule has 1 amide bonds. The second-order valence-electron chi connectivity index (χ2n) is 5.26. The van der Waals surface area contributed by atoms with Gasteiger partial charge in [-0.05, 0) is 51.0 Å². The Morgan fingerprint density at radius 3 is 2.92 bits per heavy atom. The molecule has 0 aliphatic heterocycles. The van der Waals surface area contributed by atoms with Crippen LogP contribution in [-0.4, -0.2) is 24.7 Å². The summed E-state index contributed by atoms with van der Waals surface area (Å²) >= 11 is 4.94. The van der Waals surface area contributed by atoms with E-state index < -0.39 is 6.10 Å². The number of hydrogen-bond acceptors (Lipinski definition) is 4. The predicted octanol–water partition coefficient (Wildman–Crippen LogP) is 4.14. The lowest BCUT2D eigenvalue weighted by molar-refractivity contribution is 0.0916. The average Bonchev–Trinajstić information content (AvgIpc) is 3.04. The molecule has 124 valence electrons. The van der Waals surface area contributed by atoms with Crippen molar-refractivity contribution in [2.24, 2.45) is 0 Å². The van der Waals surface area contributed by atoms with Crippen LogP contribution in [0.3, 0.4) is 0 Å². The summed E-state index contributed by atoms with van der Waals surface area (Å²) in [4.78, 5) is 12.4. The quantitative estimate of drug-likeness (QED) is 0.670. The first kappa shape index (κ1) is 17.0. The summed E-state index contributed by atoms with van der Waals surface area (Å²) in [6.07, 6.45) is -0.755. The predicted molar refractivity (Wildman–Crippen MR) is 99.8 cm³/mol. The molecule has 4 nitrogen and oxygen atoms in total. The highest BCUT2D eigenvalue weighted by atomic mass is 79.9. The molecule has 0 unspecified atom stereocenters. The largest absolute Gasteiger partial charge is 0.497 e. The molecule has 1 aromatic heterocycles. The Bertz CT molecular complexity index is 878. The number of carbonyl (C=O) groups is 1. The smallest absolute Gasteiger partial charge is 0.252 e. The van der Waals surface area contributed by atoms with E-state index in [0.29, 0.717) is 15.8 Å². The molecule has 24 heavy (non-hydrogen) atoms. The fraction of sp³-hybridized carbons (Fsp3) is 0.167. The van der Waals surface area contributed by atoms with Crippen molar-refractivity contribution in [3.63, 3.8) is 0 Å². The maximum absolute atomic E-state index is 12.4. The summed E-state index contributed by atoms with van der Waals surface area (Å²) < 4.78 is 6.94. The van der Waals surface area contributed by atoms with Crippen molar-refractivity contribution in [1.29, 1.82) is 0 Å².